The SMILES string of the molecule is CC1(C)[C@H](C(=O)OCc2cnc(Oc3ccccc3)s2)[C@@H]1C=C(Br)Br. The second kappa shape index (κ2) is 7.60. The summed E-state index contributed by atoms with van der Waals surface area (Å²) in [6, 6.07) is 9.46. The quantitative estimate of drug-likeness (QED) is 0.478. The zero-order valence-electron chi connectivity index (χ0n) is 13.7. The van der Waals surface area contributed by atoms with Gasteiger partial charge >= 0.3 is 5.97 Å². The first-order valence-electron chi connectivity index (χ1n) is 7.75. The third kappa shape index (κ3) is 4.51. The van der Waals surface area contributed by atoms with E-state index in [-0.39, 0.29) is 29.8 Å². The van der Waals surface area contributed by atoms with E-state index in [1.54, 1.807) is 6.20 Å². The van der Waals surface area contributed by atoms with Crippen LogP contribution >= 0.6 is 43.2 Å². The highest BCUT2D eigenvalue weighted by molar-refractivity contribution is 9.28. The summed E-state index contributed by atoms with van der Waals surface area (Å²) in [5.74, 6) is 0.610. The summed E-state index contributed by atoms with van der Waals surface area (Å²) < 4.78 is 12.0. The molecule has 1 aliphatic carbocycles. The van der Waals surface area contributed by atoms with Gasteiger partial charge in [-0.1, -0.05) is 49.5 Å². The predicted octanol–water partition coefficient (Wildman–Crippen LogP) is 5.88. The van der Waals surface area contributed by atoms with Gasteiger partial charge in [-0.05, 0) is 55.3 Å². The molecule has 3 rings (SSSR count). The van der Waals surface area contributed by atoms with E-state index < -0.39 is 0 Å². The lowest BCUT2D eigenvalue weighted by Gasteiger charge is -2.04. The number of rotatable bonds is 6. The van der Waals surface area contributed by atoms with Crippen LogP contribution in [0.1, 0.15) is 18.7 Å². The Morgan fingerprint density at radius 3 is 2.72 bits per heavy atom. The van der Waals surface area contributed by atoms with Gasteiger partial charge in [0.05, 0.1) is 14.2 Å². The number of esters is 1. The number of allylic oxidation sites excluding steroid dienone is 1. The molecule has 25 heavy (non-hydrogen) atoms. The summed E-state index contributed by atoms with van der Waals surface area (Å²) in [7, 11) is 0. The molecule has 1 aromatic heterocycles. The monoisotopic (exact) mass is 485 g/mol. The lowest BCUT2D eigenvalue weighted by Crippen LogP contribution is -2.10. The molecule has 132 valence electrons. The third-order valence-corrected chi connectivity index (χ3v) is 5.69. The molecule has 0 bridgehead atoms. The number of carbonyl (C=O) groups is 1. The van der Waals surface area contributed by atoms with E-state index >= 15 is 0 Å². The number of hydrogen-bond donors (Lipinski definition) is 0. The topological polar surface area (TPSA) is 48.4 Å². The second-order valence-corrected chi connectivity index (χ2v) is 10.2. The zero-order chi connectivity index (χ0) is 18.0. The van der Waals surface area contributed by atoms with Gasteiger partial charge in [0.2, 0.25) is 0 Å². The van der Waals surface area contributed by atoms with Crippen LogP contribution in [-0.4, -0.2) is 11.0 Å². The highest BCUT2D eigenvalue weighted by atomic mass is 79.9. The molecule has 1 aromatic carbocycles. The molecular weight excluding hydrogens is 470 g/mol. The summed E-state index contributed by atoms with van der Waals surface area (Å²) in [6.45, 7) is 4.36. The predicted molar refractivity (Wildman–Crippen MR) is 105 cm³/mol. The van der Waals surface area contributed by atoms with Crippen molar-refractivity contribution in [1.82, 2.24) is 4.98 Å². The van der Waals surface area contributed by atoms with Gasteiger partial charge < -0.3 is 9.47 Å². The van der Waals surface area contributed by atoms with Crippen LogP contribution in [0.2, 0.25) is 0 Å². The Bertz CT molecular complexity index is 785. The number of ether oxygens (including phenoxy) is 2. The molecule has 0 aliphatic heterocycles. The summed E-state index contributed by atoms with van der Waals surface area (Å²) in [5.41, 5.74) is -0.0842. The number of nitrogens with zero attached hydrogens (tertiary/aromatic N) is 1. The van der Waals surface area contributed by atoms with Gasteiger partial charge in [-0.25, -0.2) is 4.98 Å². The molecule has 2 aromatic rings. The minimum Gasteiger partial charge on any atom is -0.460 e. The first-order valence-corrected chi connectivity index (χ1v) is 10.1. The van der Waals surface area contributed by atoms with E-state index in [0.29, 0.717) is 5.19 Å². The Hall–Kier alpha value is -1.18. The lowest BCUT2D eigenvalue weighted by molar-refractivity contribution is -0.147. The van der Waals surface area contributed by atoms with Crippen LogP contribution < -0.4 is 4.74 Å². The number of halogens is 2. The Morgan fingerprint density at radius 2 is 2.04 bits per heavy atom. The fourth-order valence-corrected chi connectivity index (χ4v) is 4.06. The summed E-state index contributed by atoms with van der Waals surface area (Å²) in [4.78, 5) is 17.4. The zero-order valence-corrected chi connectivity index (χ0v) is 17.7. The molecule has 4 nitrogen and oxygen atoms in total. The first kappa shape index (κ1) is 18.6. The van der Waals surface area contributed by atoms with Gasteiger partial charge in [0.1, 0.15) is 12.4 Å². The summed E-state index contributed by atoms with van der Waals surface area (Å²) >= 11 is 8.08. The average molecular weight is 487 g/mol. The standard InChI is InChI=1S/C18H17Br2NO3S/c1-18(2)13(8-14(19)20)15(18)16(22)23-10-12-9-21-17(25-12)24-11-6-4-3-5-7-11/h3-9,13,15H,10H2,1-2H3/t13-,15-/m0/s1. The smallest absolute Gasteiger partial charge is 0.310 e. The normalized spacial score (nSPS) is 20.6. The van der Waals surface area contributed by atoms with Crippen molar-refractivity contribution in [1.29, 1.82) is 0 Å². The molecular formula is C18H17Br2NO3S. The van der Waals surface area contributed by atoms with Crippen molar-refractivity contribution in [3.8, 4) is 10.9 Å². The van der Waals surface area contributed by atoms with Crippen LogP contribution in [0.3, 0.4) is 0 Å². The molecule has 1 aliphatic rings. The molecule has 2 atom stereocenters. The molecule has 1 heterocycles. The number of para-hydroxylation sites is 1. The number of carbonyl (C=O) groups excluding carboxylic acids is 1. The van der Waals surface area contributed by atoms with Gasteiger partial charge in [-0.3, -0.25) is 4.79 Å². The highest BCUT2D eigenvalue weighted by Crippen LogP contribution is 2.60. The van der Waals surface area contributed by atoms with E-state index in [1.807, 2.05) is 36.4 Å². The van der Waals surface area contributed by atoms with Crippen molar-refractivity contribution < 1.29 is 14.3 Å². The molecule has 0 radical (unpaired) electrons. The van der Waals surface area contributed by atoms with Crippen molar-refractivity contribution in [2.45, 2.75) is 20.5 Å². The van der Waals surface area contributed by atoms with Crippen molar-refractivity contribution in [3.05, 3.63) is 50.9 Å². The molecule has 0 unspecified atom stereocenters. The Morgan fingerprint density at radius 1 is 1.32 bits per heavy atom. The average Bonchev–Trinajstić information content (AvgIpc) is 2.90. The van der Waals surface area contributed by atoms with Gasteiger partial charge in [0.15, 0.2) is 0 Å². The number of aromatic nitrogens is 1. The van der Waals surface area contributed by atoms with Gasteiger partial charge in [0.25, 0.3) is 5.19 Å². The largest absolute Gasteiger partial charge is 0.460 e. The number of hydrogen-bond acceptors (Lipinski definition) is 5. The van der Waals surface area contributed by atoms with E-state index in [4.69, 9.17) is 9.47 Å². The summed E-state index contributed by atoms with van der Waals surface area (Å²) in [5, 5.41) is 0.535. The Labute approximate surface area is 167 Å². The maximum atomic E-state index is 12.4. The first-order chi connectivity index (χ1) is 11.9. The number of benzene rings is 1. The minimum absolute atomic E-state index is 0.0842. The van der Waals surface area contributed by atoms with E-state index in [2.05, 4.69) is 50.7 Å². The minimum atomic E-state index is -0.175. The number of thiazole rings is 1. The van der Waals surface area contributed by atoms with Crippen LogP contribution in [-0.2, 0) is 16.1 Å². The second-order valence-electron chi connectivity index (χ2n) is 6.40. The van der Waals surface area contributed by atoms with Crippen LogP contribution in [0.15, 0.2) is 46.0 Å². The molecule has 1 saturated carbocycles. The molecule has 0 N–H and O–H groups in total. The van der Waals surface area contributed by atoms with Crippen molar-refractivity contribution in [3.63, 3.8) is 0 Å². The van der Waals surface area contributed by atoms with E-state index in [9.17, 15) is 4.79 Å². The van der Waals surface area contributed by atoms with Crippen molar-refractivity contribution >= 4 is 49.2 Å². The van der Waals surface area contributed by atoms with Crippen LogP contribution in [0.5, 0.6) is 10.9 Å². The van der Waals surface area contributed by atoms with E-state index in [0.717, 1.165) is 14.0 Å². The molecule has 7 heteroatoms. The Kier molecular flexibility index (Phi) is 5.65. The third-order valence-electron chi connectivity index (χ3n) is 4.31. The van der Waals surface area contributed by atoms with Gasteiger partial charge in [0, 0.05) is 6.20 Å². The van der Waals surface area contributed by atoms with Crippen LogP contribution in [0.25, 0.3) is 0 Å². The van der Waals surface area contributed by atoms with Crippen molar-refractivity contribution in [2.75, 3.05) is 0 Å². The molecule has 1 fully saturated rings. The fraction of sp³-hybridized carbons (Fsp3) is 0.333. The highest BCUT2D eigenvalue weighted by Gasteiger charge is 2.61. The maximum absolute atomic E-state index is 12.4. The van der Waals surface area contributed by atoms with Crippen LogP contribution in [0, 0.1) is 17.3 Å². The maximum Gasteiger partial charge on any atom is 0.310 e. The van der Waals surface area contributed by atoms with Gasteiger partial charge in [-0.15, -0.1) is 0 Å². The van der Waals surface area contributed by atoms with E-state index in [1.165, 1.54) is 11.3 Å². The molecule has 0 amide bonds. The van der Waals surface area contributed by atoms with Gasteiger partial charge in [-0.2, -0.15) is 0 Å². The summed E-state index contributed by atoms with van der Waals surface area (Å²) in [6.07, 6.45) is 3.69. The Balaban J connectivity index is 1.54. The fourth-order valence-electron chi connectivity index (χ4n) is 2.80. The lowest BCUT2D eigenvalue weighted by atomic mass is 10.1. The van der Waals surface area contributed by atoms with Crippen LogP contribution in [0.4, 0.5) is 0 Å². The molecule has 0 spiro atoms. The van der Waals surface area contributed by atoms with Crippen molar-refractivity contribution in [2.24, 2.45) is 17.3 Å². The molecule has 0 saturated heterocycles.